The molecule has 1 atom stereocenters. The first-order chi connectivity index (χ1) is 8.72. The Morgan fingerprint density at radius 2 is 2.33 bits per heavy atom. The quantitative estimate of drug-likeness (QED) is 0.879. The van der Waals surface area contributed by atoms with Gasteiger partial charge in [-0.25, -0.2) is 4.98 Å². The van der Waals surface area contributed by atoms with E-state index in [1.54, 1.807) is 12.3 Å². The fourth-order valence-corrected chi connectivity index (χ4v) is 2.88. The topological polar surface area (TPSA) is 40.8 Å². The van der Waals surface area contributed by atoms with Gasteiger partial charge in [0, 0.05) is 13.0 Å². The monoisotopic (exact) mass is 245 g/mol. The van der Waals surface area contributed by atoms with Crippen LogP contribution < -0.4 is 0 Å². The highest BCUT2D eigenvalue weighted by Crippen LogP contribution is 2.21. The van der Waals surface area contributed by atoms with Crippen LogP contribution in [0.25, 0.3) is 5.52 Å². The van der Waals surface area contributed by atoms with Crippen molar-refractivity contribution in [3.63, 3.8) is 0 Å². The van der Waals surface area contributed by atoms with Gasteiger partial charge in [0.15, 0.2) is 0 Å². The Bertz CT molecular complexity index is 549. The van der Waals surface area contributed by atoms with E-state index in [2.05, 4.69) is 16.9 Å². The standard InChI is InChI=1S/C14H19N3O/c1-16-6-2-3-11(9-16)7-14-15-8-12-4-5-13(18)10-17(12)14/h4-5,8,10-11,18H,2-3,6-7,9H2,1H3. The summed E-state index contributed by atoms with van der Waals surface area (Å²) in [5.41, 5.74) is 1.05. The minimum Gasteiger partial charge on any atom is -0.506 e. The number of likely N-dealkylation sites (tertiary alicyclic amines) is 1. The lowest BCUT2D eigenvalue weighted by Gasteiger charge is -2.29. The molecule has 1 fully saturated rings. The van der Waals surface area contributed by atoms with Crippen LogP contribution in [0.15, 0.2) is 24.5 Å². The van der Waals surface area contributed by atoms with Gasteiger partial charge >= 0.3 is 0 Å². The Morgan fingerprint density at radius 3 is 3.17 bits per heavy atom. The number of rotatable bonds is 2. The van der Waals surface area contributed by atoms with Crippen LogP contribution in [0.4, 0.5) is 0 Å². The van der Waals surface area contributed by atoms with Crippen molar-refractivity contribution in [1.29, 1.82) is 0 Å². The molecule has 1 aliphatic rings. The Hall–Kier alpha value is -1.55. The van der Waals surface area contributed by atoms with E-state index >= 15 is 0 Å². The molecule has 4 nitrogen and oxygen atoms in total. The van der Waals surface area contributed by atoms with Gasteiger partial charge in [-0.2, -0.15) is 0 Å². The molecule has 0 bridgehead atoms. The molecule has 18 heavy (non-hydrogen) atoms. The average molecular weight is 245 g/mol. The molecule has 3 rings (SSSR count). The van der Waals surface area contributed by atoms with Gasteiger partial charge in [0.1, 0.15) is 11.6 Å². The van der Waals surface area contributed by atoms with Crippen molar-refractivity contribution in [1.82, 2.24) is 14.3 Å². The highest BCUT2D eigenvalue weighted by Gasteiger charge is 2.19. The van der Waals surface area contributed by atoms with Gasteiger partial charge in [-0.1, -0.05) is 0 Å². The fourth-order valence-electron chi connectivity index (χ4n) is 2.88. The largest absolute Gasteiger partial charge is 0.506 e. The molecule has 0 aromatic carbocycles. The molecule has 0 radical (unpaired) electrons. The zero-order valence-corrected chi connectivity index (χ0v) is 10.7. The van der Waals surface area contributed by atoms with Gasteiger partial charge in [0.25, 0.3) is 0 Å². The van der Waals surface area contributed by atoms with Crippen LogP contribution in [-0.4, -0.2) is 39.5 Å². The van der Waals surface area contributed by atoms with Gasteiger partial charge in [0.2, 0.25) is 0 Å². The molecule has 1 aliphatic heterocycles. The molecule has 1 N–H and O–H groups in total. The van der Waals surface area contributed by atoms with Crippen LogP contribution in [0.2, 0.25) is 0 Å². The Labute approximate surface area is 107 Å². The normalized spacial score (nSPS) is 21.5. The van der Waals surface area contributed by atoms with E-state index < -0.39 is 0 Å². The van der Waals surface area contributed by atoms with Crippen molar-refractivity contribution in [2.24, 2.45) is 5.92 Å². The van der Waals surface area contributed by atoms with Gasteiger partial charge in [-0.05, 0) is 44.5 Å². The maximum Gasteiger partial charge on any atom is 0.132 e. The minimum absolute atomic E-state index is 0.294. The molecule has 1 unspecified atom stereocenters. The van der Waals surface area contributed by atoms with Gasteiger partial charge < -0.3 is 14.4 Å². The number of hydrogen-bond acceptors (Lipinski definition) is 3. The first-order valence-electron chi connectivity index (χ1n) is 6.56. The lowest BCUT2D eigenvalue weighted by atomic mass is 9.95. The number of hydrogen-bond donors (Lipinski definition) is 1. The third-order valence-corrected chi connectivity index (χ3v) is 3.78. The summed E-state index contributed by atoms with van der Waals surface area (Å²) in [6.07, 6.45) is 7.17. The van der Waals surface area contributed by atoms with E-state index in [1.165, 1.54) is 19.4 Å². The first kappa shape index (κ1) is 11.5. The van der Waals surface area contributed by atoms with E-state index in [0.717, 1.165) is 24.3 Å². The maximum atomic E-state index is 9.56. The van der Waals surface area contributed by atoms with E-state index in [9.17, 15) is 5.11 Å². The number of nitrogens with zero attached hydrogens (tertiary/aromatic N) is 3. The average Bonchev–Trinajstić information content (AvgIpc) is 2.72. The lowest BCUT2D eigenvalue weighted by Crippen LogP contribution is -2.33. The molecule has 96 valence electrons. The van der Waals surface area contributed by atoms with Crippen LogP contribution in [0.1, 0.15) is 18.7 Å². The van der Waals surface area contributed by atoms with Crippen molar-refractivity contribution >= 4 is 5.52 Å². The molecule has 4 heteroatoms. The number of fused-ring (bicyclic) bond motifs is 1. The molecular formula is C14H19N3O. The zero-order valence-electron chi connectivity index (χ0n) is 10.7. The zero-order chi connectivity index (χ0) is 12.5. The van der Waals surface area contributed by atoms with Crippen LogP contribution >= 0.6 is 0 Å². The summed E-state index contributed by atoms with van der Waals surface area (Å²) in [5, 5.41) is 9.56. The van der Waals surface area contributed by atoms with Crippen molar-refractivity contribution in [2.75, 3.05) is 20.1 Å². The summed E-state index contributed by atoms with van der Waals surface area (Å²) in [7, 11) is 2.18. The molecule has 1 saturated heterocycles. The number of imidazole rings is 1. The van der Waals surface area contributed by atoms with E-state index in [0.29, 0.717) is 11.7 Å². The predicted molar refractivity (Wildman–Crippen MR) is 70.8 cm³/mol. The second-order valence-electron chi connectivity index (χ2n) is 5.33. The molecular weight excluding hydrogens is 226 g/mol. The predicted octanol–water partition coefficient (Wildman–Crippen LogP) is 1.92. The molecule has 0 spiro atoms. The number of pyridine rings is 1. The first-order valence-corrected chi connectivity index (χ1v) is 6.56. The second kappa shape index (κ2) is 4.61. The highest BCUT2D eigenvalue weighted by atomic mass is 16.3. The molecule has 2 aromatic heterocycles. The van der Waals surface area contributed by atoms with Gasteiger partial charge in [-0.3, -0.25) is 0 Å². The van der Waals surface area contributed by atoms with E-state index in [-0.39, 0.29) is 0 Å². The smallest absolute Gasteiger partial charge is 0.132 e. The third kappa shape index (κ3) is 2.20. The molecule has 0 saturated carbocycles. The van der Waals surface area contributed by atoms with Crippen molar-refractivity contribution in [3.05, 3.63) is 30.4 Å². The van der Waals surface area contributed by atoms with Crippen LogP contribution in [0.5, 0.6) is 5.75 Å². The highest BCUT2D eigenvalue weighted by molar-refractivity contribution is 5.48. The third-order valence-electron chi connectivity index (χ3n) is 3.78. The second-order valence-corrected chi connectivity index (χ2v) is 5.33. The lowest BCUT2D eigenvalue weighted by molar-refractivity contribution is 0.207. The molecule has 2 aromatic rings. The summed E-state index contributed by atoms with van der Waals surface area (Å²) in [4.78, 5) is 6.88. The van der Waals surface area contributed by atoms with Crippen molar-refractivity contribution in [2.45, 2.75) is 19.3 Å². The fraction of sp³-hybridized carbons (Fsp3) is 0.500. The number of aromatic nitrogens is 2. The Kier molecular flexibility index (Phi) is 2.96. The van der Waals surface area contributed by atoms with Crippen LogP contribution in [0, 0.1) is 5.92 Å². The van der Waals surface area contributed by atoms with E-state index in [1.807, 2.05) is 16.7 Å². The molecule has 0 amide bonds. The van der Waals surface area contributed by atoms with Gasteiger partial charge in [0.05, 0.1) is 17.9 Å². The minimum atomic E-state index is 0.294. The Balaban J connectivity index is 1.83. The molecule has 0 aliphatic carbocycles. The molecule has 3 heterocycles. The Morgan fingerprint density at radius 1 is 1.44 bits per heavy atom. The summed E-state index contributed by atoms with van der Waals surface area (Å²) in [6.45, 7) is 2.35. The summed E-state index contributed by atoms with van der Waals surface area (Å²) < 4.78 is 2.00. The maximum absolute atomic E-state index is 9.56. The summed E-state index contributed by atoms with van der Waals surface area (Å²) in [5.74, 6) is 2.03. The number of aromatic hydroxyl groups is 1. The summed E-state index contributed by atoms with van der Waals surface area (Å²) in [6, 6.07) is 3.61. The van der Waals surface area contributed by atoms with Crippen LogP contribution in [0.3, 0.4) is 0 Å². The summed E-state index contributed by atoms with van der Waals surface area (Å²) >= 11 is 0. The number of piperidine rings is 1. The SMILES string of the molecule is CN1CCCC(Cc2ncc3ccc(O)cn23)C1. The van der Waals surface area contributed by atoms with Crippen LogP contribution in [-0.2, 0) is 6.42 Å². The van der Waals surface area contributed by atoms with Crippen molar-refractivity contribution in [3.8, 4) is 5.75 Å². The van der Waals surface area contributed by atoms with Crippen molar-refractivity contribution < 1.29 is 5.11 Å². The van der Waals surface area contributed by atoms with E-state index in [4.69, 9.17) is 0 Å². The van der Waals surface area contributed by atoms with Gasteiger partial charge in [-0.15, -0.1) is 0 Å².